The van der Waals surface area contributed by atoms with Gasteiger partial charge in [-0.1, -0.05) is 250 Å². The molecule has 382 valence electrons. The van der Waals surface area contributed by atoms with Crippen LogP contribution in [0.5, 0.6) is 0 Å². The molecule has 0 bridgehead atoms. The highest BCUT2D eigenvalue weighted by atomic mass is 79.9. The first-order valence-electron chi connectivity index (χ1n) is 26.8. The van der Waals surface area contributed by atoms with Crippen LogP contribution in [0.15, 0.2) is 174 Å². The second-order valence-corrected chi connectivity index (χ2v) is 28.0. The Morgan fingerprint density at radius 1 is 0.243 bits per heavy atom. The second-order valence-electron chi connectivity index (χ2n) is 27.1. The lowest BCUT2D eigenvalue weighted by Gasteiger charge is -2.34. The second kappa shape index (κ2) is 20.0. The van der Waals surface area contributed by atoms with E-state index in [1.807, 2.05) is 0 Å². The number of nitrogens with zero attached hydrogens (tertiary/aromatic N) is 1. The van der Waals surface area contributed by atoms with Gasteiger partial charge in [-0.15, -0.1) is 0 Å². The fraction of sp³-hybridized carbons (Fsp3) is 0.333. The first-order chi connectivity index (χ1) is 34.3. The summed E-state index contributed by atoms with van der Waals surface area (Å²) in [5.74, 6) is 0. The molecule has 8 aromatic carbocycles. The van der Waals surface area contributed by atoms with Crippen molar-refractivity contribution in [2.75, 3.05) is 4.90 Å². The molecular formula is C72H82BrN. The van der Waals surface area contributed by atoms with E-state index < -0.39 is 0 Å². The molecule has 74 heavy (non-hydrogen) atoms. The van der Waals surface area contributed by atoms with Gasteiger partial charge in [-0.05, 0) is 171 Å². The average Bonchev–Trinajstić information content (AvgIpc) is 3.32. The first-order valence-corrected chi connectivity index (χ1v) is 27.6. The number of rotatable bonds is 8. The van der Waals surface area contributed by atoms with Crippen molar-refractivity contribution in [3.8, 4) is 55.6 Å². The van der Waals surface area contributed by atoms with E-state index in [4.69, 9.17) is 0 Å². The maximum atomic E-state index is 4.03. The van der Waals surface area contributed by atoms with Crippen LogP contribution in [-0.4, -0.2) is 0 Å². The van der Waals surface area contributed by atoms with Crippen molar-refractivity contribution in [2.24, 2.45) is 0 Å². The van der Waals surface area contributed by atoms with Gasteiger partial charge >= 0.3 is 0 Å². The smallest absolute Gasteiger partial charge is 0.0618 e. The first kappa shape index (κ1) is 54.3. The molecule has 0 unspecified atom stereocenters. The van der Waals surface area contributed by atoms with E-state index >= 15 is 0 Å². The lowest BCUT2D eigenvalue weighted by atomic mass is 9.80. The Hall–Kier alpha value is -5.96. The van der Waals surface area contributed by atoms with Crippen LogP contribution in [0.4, 0.5) is 17.1 Å². The number of anilines is 3. The van der Waals surface area contributed by atoms with Crippen molar-refractivity contribution in [3.05, 3.63) is 208 Å². The standard InChI is InChI=1S/C72H82BrN/c1-67(2,3)55-29-19-47(20-30-55)52-39-53(48-21-31-56(32-22-48)68(4,5)6)41-54(40-52)49-27-37-62(38-28-49)74(63-43-59(71(13,14)15)42-61(73)46-63)66-64(50-23-33-57(34-24-50)69(7,8)9)44-60(72(16,17)18)45-65(66)51-25-35-58(36-26-51)70(10,11)12/h19-46H,1-18H3. The van der Waals surface area contributed by atoms with Gasteiger partial charge in [-0.2, -0.15) is 0 Å². The molecule has 1 nitrogen and oxygen atoms in total. The molecule has 2 heteroatoms. The predicted molar refractivity (Wildman–Crippen MR) is 328 cm³/mol. The molecule has 0 N–H and O–H groups in total. The van der Waals surface area contributed by atoms with Crippen LogP contribution in [0.25, 0.3) is 55.6 Å². The van der Waals surface area contributed by atoms with Crippen LogP contribution >= 0.6 is 15.9 Å². The molecule has 0 spiro atoms. The fourth-order valence-electron chi connectivity index (χ4n) is 9.85. The van der Waals surface area contributed by atoms with Crippen molar-refractivity contribution >= 4 is 33.0 Å². The molecule has 0 atom stereocenters. The van der Waals surface area contributed by atoms with E-state index in [0.29, 0.717) is 0 Å². The molecule has 0 saturated heterocycles. The summed E-state index contributed by atoms with van der Waals surface area (Å²) in [6, 6.07) is 65.4. The maximum absolute atomic E-state index is 4.03. The Balaban J connectivity index is 1.40. The molecule has 0 aliphatic heterocycles. The van der Waals surface area contributed by atoms with Gasteiger partial charge in [0.1, 0.15) is 0 Å². The van der Waals surface area contributed by atoms with E-state index in [1.165, 1.54) is 83.5 Å². The largest absolute Gasteiger partial charge is 0.309 e. The molecule has 0 heterocycles. The minimum Gasteiger partial charge on any atom is -0.309 e. The molecule has 8 aromatic rings. The zero-order valence-electron chi connectivity index (χ0n) is 48.0. The number of hydrogen-bond acceptors (Lipinski definition) is 1. The Labute approximate surface area is 455 Å². The average molecular weight is 1040 g/mol. The van der Waals surface area contributed by atoms with Crippen LogP contribution in [0.3, 0.4) is 0 Å². The van der Waals surface area contributed by atoms with E-state index in [-0.39, 0.29) is 32.5 Å². The van der Waals surface area contributed by atoms with Crippen LogP contribution in [0.2, 0.25) is 0 Å². The summed E-state index contributed by atoms with van der Waals surface area (Å²) in [5.41, 5.74) is 23.1. The SMILES string of the molecule is CC(C)(C)c1ccc(-c2cc(-c3ccc(N(c4cc(Br)cc(C(C)(C)C)c4)c4c(-c5ccc(C(C)(C)C)cc5)cc(C(C)(C)C)cc4-c4ccc(C(C)(C)C)cc4)cc3)cc(-c3ccc(C(C)(C)C)cc3)c2)cc1. The number of hydrogen-bond donors (Lipinski definition) is 0. The Morgan fingerprint density at radius 2 is 0.514 bits per heavy atom. The molecule has 0 saturated carbocycles. The number of benzene rings is 8. The van der Waals surface area contributed by atoms with E-state index in [9.17, 15) is 0 Å². The topological polar surface area (TPSA) is 3.24 Å². The zero-order valence-corrected chi connectivity index (χ0v) is 49.6. The summed E-state index contributed by atoms with van der Waals surface area (Å²) in [7, 11) is 0. The molecule has 8 rings (SSSR count). The number of halogens is 1. The van der Waals surface area contributed by atoms with Gasteiger partial charge in [0.2, 0.25) is 0 Å². The Bertz CT molecular complexity index is 3100. The van der Waals surface area contributed by atoms with Gasteiger partial charge in [0.25, 0.3) is 0 Å². The van der Waals surface area contributed by atoms with Crippen molar-refractivity contribution in [1.82, 2.24) is 0 Å². The van der Waals surface area contributed by atoms with Crippen molar-refractivity contribution in [2.45, 2.75) is 157 Å². The lowest BCUT2D eigenvalue weighted by Crippen LogP contribution is -2.18. The highest BCUT2D eigenvalue weighted by Gasteiger charge is 2.29. The Morgan fingerprint density at radius 3 is 0.811 bits per heavy atom. The fourth-order valence-corrected chi connectivity index (χ4v) is 10.3. The highest BCUT2D eigenvalue weighted by Crippen LogP contribution is 2.50. The third-order valence-electron chi connectivity index (χ3n) is 14.9. The molecule has 0 aliphatic carbocycles. The van der Waals surface area contributed by atoms with Gasteiger partial charge in [-0.25, -0.2) is 0 Å². The highest BCUT2D eigenvalue weighted by molar-refractivity contribution is 9.10. The molecule has 0 radical (unpaired) electrons. The molecule has 0 fully saturated rings. The summed E-state index contributed by atoms with van der Waals surface area (Å²) < 4.78 is 1.05. The van der Waals surface area contributed by atoms with Crippen LogP contribution < -0.4 is 4.90 Å². The summed E-state index contributed by atoms with van der Waals surface area (Å²) in [4.78, 5) is 2.53. The Kier molecular flexibility index (Phi) is 14.6. The van der Waals surface area contributed by atoms with Gasteiger partial charge in [-0.3, -0.25) is 0 Å². The van der Waals surface area contributed by atoms with Gasteiger partial charge in [0.05, 0.1) is 5.69 Å². The third-order valence-corrected chi connectivity index (χ3v) is 15.3. The van der Waals surface area contributed by atoms with Crippen molar-refractivity contribution in [1.29, 1.82) is 0 Å². The van der Waals surface area contributed by atoms with E-state index in [1.54, 1.807) is 0 Å². The molecule has 0 aliphatic rings. The van der Waals surface area contributed by atoms with E-state index in [2.05, 4.69) is 315 Å². The van der Waals surface area contributed by atoms with Gasteiger partial charge < -0.3 is 4.90 Å². The van der Waals surface area contributed by atoms with Crippen LogP contribution in [0, 0.1) is 0 Å². The quantitative estimate of drug-likeness (QED) is 0.147. The van der Waals surface area contributed by atoms with Gasteiger partial charge in [0, 0.05) is 27.0 Å². The minimum atomic E-state index is -0.114. The predicted octanol–water partition coefficient (Wildman–Crippen LogP) is 22.0. The van der Waals surface area contributed by atoms with Gasteiger partial charge in [0.15, 0.2) is 0 Å². The maximum Gasteiger partial charge on any atom is 0.0618 e. The lowest BCUT2D eigenvalue weighted by molar-refractivity contribution is 0.589. The monoisotopic (exact) mass is 1040 g/mol. The molecule has 0 amide bonds. The molecule has 0 aromatic heterocycles. The summed E-state index contributed by atoms with van der Waals surface area (Å²) >= 11 is 4.03. The van der Waals surface area contributed by atoms with E-state index in [0.717, 1.165) is 27.1 Å². The molecular weight excluding hydrogens is 959 g/mol. The third kappa shape index (κ3) is 12.1. The summed E-state index contributed by atoms with van der Waals surface area (Å²) in [6.45, 7) is 41.4. The summed E-state index contributed by atoms with van der Waals surface area (Å²) in [6.07, 6.45) is 0. The van der Waals surface area contributed by atoms with Crippen molar-refractivity contribution in [3.63, 3.8) is 0 Å². The zero-order chi connectivity index (χ0) is 53.9. The van der Waals surface area contributed by atoms with Crippen molar-refractivity contribution < 1.29 is 0 Å². The minimum absolute atomic E-state index is 0.0239. The normalized spacial score (nSPS) is 12.8. The van der Waals surface area contributed by atoms with Crippen LogP contribution in [-0.2, 0) is 32.5 Å². The van der Waals surface area contributed by atoms with Crippen LogP contribution in [0.1, 0.15) is 158 Å². The summed E-state index contributed by atoms with van der Waals surface area (Å²) in [5, 5.41) is 0.